The number of fused-ring (bicyclic) bond motifs is 4. The van der Waals surface area contributed by atoms with E-state index in [0.717, 1.165) is 33.4 Å². The molecule has 0 bridgehead atoms. The summed E-state index contributed by atoms with van der Waals surface area (Å²) < 4.78 is 10.9. The predicted molar refractivity (Wildman–Crippen MR) is 126 cm³/mol. The molecule has 1 aliphatic heterocycles. The molecule has 6 nitrogen and oxygen atoms in total. The zero-order valence-corrected chi connectivity index (χ0v) is 19.1. The van der Waals surface area contributed by atoms with E-state index in [4.69, 9.17) is 9.47 Å². The molecule has 3 aromatic rings. The first-order valence-electron chi connectivity index (χ1n) is 11.0. The molecule has 2 heterocycles. The van der Waals surface area contributed by atoms with E-state index in [1.165, 1.54) is 6.92 Å². The average Bonchev–Trinajstić information content (AvgIpc) is 2.76. The predicted octanol–water partition coefficient (Wildman–Crippen LogP) is 5.23. The Morgan fingerprint density at radius 3 is 2.70 bits per heavy atom. The zero-order chi connectivity index (χ0) is 23.3. The SMILES string of the molecule is COc1cc(C2c3c(ccc4ncccc34)NC3=CC(C)(C)CC(=O)C32)ccc1OC(C)=O. The van der Waals surface area contributed by atoms with Crippen molar-refractivity contribution in [1.29, 1.82) is 0 Å². The number of pyridine rings is 1. The minimum absolute atomic E-state index is 0.199. The van der Waals surface area contributed by atoms with Crippen LogP contribution in [0, 0.1) is 11.3 Å². The number of aromatic nitrogens is 1. The first kappa shape index (κ1) is 21.2. The molecule has 168 valence electrons. The third kappa shape index (κ3) is 3.65. The molecule has 0 radical (unpaired) electrons. The number of carbonyl (C=O) groups is 2. The summed E-state index contributed by atoms with van der Waals surface area (Å²) in [5.41, 5.74) is 4.52. The Bertz CT molecular complexity index is 1320. The van der Waals surface area contributed by atoms with Crippen molar-refractivity contribution in [3.05, 3.63) is 71.6 Å². The number of ether oxygens (including phenoxy) is 2. The third-order valence-corrected chi connectivity index (χ3v) is 6.41. The molecule has 2 aromatic carbocycles. The first-order chi connectivity index (χ1) is 15.8. The number of carbonyl (C=O) groups excluding carboxylic acids is 2. The van der Waals surface area contributed by atoms with Crippen LogP contribution in [0.1, 0.15) is 44.2 Å². The molecule has 5 rings (SSSR count). The highest BCUT2D eigenvalue weighted by Gasteiger charge is 2.44. The maximum absolute atomic E-state index is 13.5. The fourth-order valence-corrected chi connectivity index (χ4v) is 5.19. The van der Waals surface area contributed by atoms with Gasteiger partial charge in [0.25, 0.3) is 0 Å². The summed E-state index contributed by atoms with van der Waals surface area (Å²) in [5.74, 6) is 0.0133. The van der Waals surface area contributed by atoms with Crippen LogP contribution in [0.4, 0.5) is 5.69 Å². The van der Waals surface area contributed by atoms with Crippen LogP contribution in [0.3, 0.4) is 0 Å². The van der Waals surface area contributed by atoms with Crippen molar-refractivity contribution < 1.29 is 19.1 Å². The quantitative estimate of drug-likeness (QED) is 0.442. The van der Waals surface area contributed by atoms with Crippen LogP contribution >= 0.6 is 0 Å². The molecule has 33 heavy (non-hydrogen) atoms. The van der Waals surface area contributed by atoms with Crippen molar-refractivity contribution >= 4 is 28.3 Å². The second-order valence-corrected chi connectivity index (χ2v) is 9.41. The molecule has 0 fully saturated rings. The Morgan fingerprint density at radius 1 is 1.12 bits per heavy atom. The van der Waals surface area contributed by atoms with Crippen LogP contribution in [0.15, 0.2) is 60.4 Å². The van der Waals surface area contributed by atoms with Crippen LogP contribution in [-0.2, 0) is 9.59 Å². The summed E-state index contributed by atoms with van der Waals surface area (Å²) in [6.45, 7) is 5.53. The molecule has 0 spiro atoms. The monoisotopic (exact) mass is 442 g/mol. The number of nitrogens with zero attached hydrogens (tertiary/aromatic N) is 1. The van der Waals surface area contributed by atoms with Crippen molar-refractivity contribution in [2.24, 2.45) is 11.3 Å². The molecule has 1 aliphatic carbocycles. The molecule has 6 heteroatoms. The van der Waals surface area contributed by atoms with E-state index in [9.17, 15) is 9.59 Å². The Hall–Kier alpha value is -3.67. The topological polar surface area (TPSA) is 77.5 Å². The standard InChI is InChI=1S/C27H26N2O4/c1-15(30)33-22-10-7-16(12-23(22)32-4)24-25-17-6-5-11-28-18(17)8-9-19(25)29-20-13-27(2,3)14-21(31)26(20)24/h5-13,24,26,29H,14H2,1-4H3. The summed E-state index contributed by atoms with van der Waals surface area (Å²) in [6.07, 6.45) is 4.43. The average molecular weight is 443 g/mol. The third-order valence-electron chi connectivity index (χ3n) is 6.41. The Labute approximate surface area is 192 Å². The highest BCUT2D eigenvalue weighted by molar-refractivity contribution is 5.96. The van der Waals surface area contributed by atoms with Gasteiger partial charge in [-0.2, -0.15) is 0 Å². The zero-order valence-electron chi connectivity index (χ0n) is 19.1. The van der Waals surface area contributed by atoms with Crippen molar-refractivity contribution in [2.45, 2.75) is 33.1 Å². The van der Waals surface area contributed by atoms with Crippen LogP contribution in [-0.4, -0.2) is 23.8 Å². The maximum atomic E-state index is 13.5. The lowest BCUT2D eigenvalue weighted by Gasteiger charge is -2.42. The summed E-state index contributed by atoms with van der Waals surface area (Å²) in [5, 5.41) is 4.56. The Balaban J connectivity index is 1.77. The van der Waals surface area contributed by atoms with E-state index >= 15 is 0 Å². The van der Waals surface area contributed by atoms with Gasteiger partial charge in [0.1, 0.15) is 5.78 Å². The van der Waals surface area contributed by atoms with Gasteiger partial charge in [-0.25, -0.2) is 0 Å². The molecule has 2 unspecified atom stereocenters. The van der Waals surface area contributed by atoms with E-state index in [2.05, 4.69) is 30.2 Å². The number of anilines is 1. The molecule has 1 aromatic heterocycles. The fraction of sp³-hybridized carbons (Fsp3) is 0.296. The van der Waals surface area contributed by atoms with Gasteiger partial charge < -0.3 is 14.8 Å². The van der Waals surface area contributed by atoms with Crippen molar-refractivity contribution in [2.75, 3.05) is 12.4 Å². The lowest BCUT2D eigenvalue weighted by Crippen LogP contribution is -2.39. The number of hydrogen-bond acceptors (Lipinski definition) is 6. The van der Waals surface area contributed by atoms with E-state index in [1.54, 1.807) is 19.4 Å². The summed E-state index contributed by atoms with van der Waals surface area (Å²) >= 11 is 0. The summed E-state index contributed by atoms with van der Waals surface area (Å²) in [6, 6.07) is 13.5. The van der Waals surface area contributed by atoms with Gasteiger partial charge in [-0.15, -0.1) is 0 Å². The van der Waals surface area contributed by atoms with Gasteiger partial charge in [0.05, 0.1) is 18.5 Å². The van der Waals surface area contributed by atoms with Gasteiger partial charge in [-0.3, -0.25) is 14.6 Å². The van der Waals surface area contributed by atoms with Crippen LogP contribution in [0.5, 0.6) is 11.5 Å². The second kappa shape index (κ2) is 7.73. The van der Waals surface area contributed by atoms with Gasteiger partial charge in [0.15, 0.2) is 11.5 Å². The second-order valence-electron chi connectivity index (χ2n) is 9.41. The molecule has 0 amide bonds. The summed E-state index contributed by atoms with van der Waals surface area (Å²) in [7, 11) is 1.54. The number of nitrogens with one attached hydrogen (secondary N) is 1. The number of Topliss-reactive ketones (excluding diaryl/α,β-unsaturated/α-hetero) is 1. The maximum Gasteiger partial charge on any atom is 0.308 e. The highest BCUT2D eigenvalue weighted by atomic mass is 16.6. The van der Waals surface area contributed by atoms with Gasteiger partial charge in [0, 0.05) is 42.2 Å². The largest absolute Gasteiger partial charge is 0.493 e. The minimum Gasteiger partial charge on any atom is -0.493 e. The van der Waals surface area contributed by atoms with Crippen molar-refractivity contribution in [3.63, 3.8) is 0 Å². The highest BCUT2D eigenvalue weighted by Crippen LogP contribution is 2.51. The summed E-state index contributed by atoms with van der Waals surface area (Å²) in [4.78, 5) is 29.6. The Morgan fingerprint density at radius 2 is 1.94 bits per heavy atom. The van der Waals surface area contributed by atoms with Crippen LogP contribution in [0.2, 0.25) is 0 Å². The molecule has 0 saturated carbocycles. The minimum atomic E-state index is -0.416. The van der Waals surface area contributed by atoms with Gasteiger partial charge in [-0.1, -0.05) is 32.1 Å². The molecule has 1 N–H and O–H groups in total. The lowest BCUT2D eigenvalue weighted by atomic mass is 9.66. The van der Waals surface area contributed by atoms with Gasteiger partial charge in [-0.05, 0) is 46.9 Å². The van der Waals surface area contributed by atoms with Crippen LogP contribution in [0.25, 0.3) is 10.9 Å². The van der Waals surface area contributed by atoms with Crippen LogP contribution < -0.4 is 14.8 Å². The van der Waals surface area contributed by atoms with Gasteiger partial charge >= 0.3 is 5.97 Å². The lowest BCUT2D eigenvalue weighted by molar-refractivity contribution is -0.132. The number of benzene rings is 2. The van der Waals surface area contributed by atoms with Crippen molar-refractivity contribution in [1.82, 2.24) is 4.98 Å². The van der Waals surface area contributed by atoms with E-state index in [1.807, 2.05) is 36.4 Å². The first-order valence-corrected chi connectivity index (χ1v) is 11.0. The number of rotatable bonds is 3. The van der Waals surface area contributed by atoms with Crippen molar-refractivity contribution in [3.8, 4) is 11.5 Å². The Kier molecular flexibility index (Phi) is 4.96. The normalized spacial score (nSPS) is 20.8. The number of methoxy groups -OCH3 is 1. The number of esters is 1. The molecule has 2 aliphatic rings. The van der Waals surface area contributed by atoms with E-state index < -0.39 is 5.97 Å². The fourth-order valence-electron chi connectivity index (χ4n) is 5.19. The molecular weight excluding hydrogens is 416 g/mol. The van der Waals surface area contributed by atoms with E-state index in [-0.39, 0.29) is 23.0 Å². The molecular formula is C27H26N2O4. The molecule has 2 atom stereocenters. The number of allylic oxidation sites excluding steroid dienone is 2. The number of hydrogen-bond donors (Lipinski definition) is 1. The number of ketones is 1. The van der Waals surface area contributed by atoms with Gasteiger partial charge in [0.2, 0.25) is 0 Å². The molecule has 0 saturated heterocycles. The van der Waals surface area contributed by atoms with E-state index in [0.29, 0.717) is 17.9 Å². The smallest absolute Gasteiger partial charge is 0.308 e.